The molecular weight excluding hydrogens is 673 g/mol. The van der Waals surface area contributed by atoms with Crippen LogP contribution in [0, 0.1) is 17.9 Å². The summed E-state index contributed by atoms with van der Waals surface area (Å²) in [6.07, 6.45) is 0. The lowest BCUT2D eigenvalue weighted by Gasteiger charge is -2.09. The van der Waals surface area contributed by atoms with E-state index in [-0.39, 0.29) is 0 Å². The third-order valence-corrected chi connectivity index (χ3v) is 11.0. The molecule has 0 aliphatic rings. The van der Waals surface area contributed by atoms with Gasteiger partial charge in [0.25, 0.3) is 0 Å². The van der Waals surface area contributed by atoms with Crippen molar-refractivity contribution in [2.45, 2.75) is 0 Å². The van der Waals surface area contributed by atoms with Crippen molar-refractivity contribution in [3.8, 4) is 39.7 Å². The second-order valence-corrected chi connectivity index (χ2v) is 13.9. The van der Waals surface area contributed by atoms with E-state index in [1.165, 1.54) is 0 Å². The van der Waals surface area contributed by atoms with Gasteiger partial charge >= 0.3 is 0 Å². The van der Waals surface area contributed by atoms with Crippen LogP contribution in [0.5, 0.6) is 0 Å². The van der Waals surface area contributed by atoms with Crippen LogP contribution in [-0.4, -0.2) is 9.13 Å². The second kappa shape index (κ2) is 11.8. The van der Waals surface area contributed by atoms with Gasteiger partial charge in [-0.3, -0.25) is 0 Å². The van der Waals surface area contributed by atoms with Gasteiger partial charge in [0.15, 0.2) is 5.69 Å². The van der Waals surface area contributed by atoms with E-state index in [0.717, 1.165) is 99.2 Å². The largest absolute Gasteiger partial charge is 0.455 e. The number of fused-ring (bicyclic) bond motifs is 11. The van der Waals surface area contributed by atoms with Crippen molar-refractivity contribution < 1.29 is 4.42 Å². The number of hydrogen-bond donors (Lipinski definition) is 0. The van der Waals surface area contributed by atoms with Crippen LogP contribution in [0.3, 0.4) is 0 Å². The average Bonchev–Trinajstić information content (AvgIpc) is 3.91. The highest BCUT2D eigenvalue weighted by molar-refractivity contribution is 6.29. The zero-order valence-corrected chi connectivity index (χ0v) is 29.4. The van der Waals surface area contributed by atoms with Crippen molar-refractivity contribution in [3.63, 3.8) is 0 Å². The maximum absolute atomic E-state index is 9.24. The van der Waals surface area contributed by atoms with Gasteiger partial charge in [-0.15, -0.1) is 0 Å². The SMILES string of the molecule is [C-]#[N+]c1ccc(-c2ccc(-n3c4ccccc4c4c5oc6c(ccc7c6c6ccccc6n7-c6ccc(-c7ccc(C#N)cc7)cc6)c5ccc43)cc2)cc1. The summed E-state index contributed by atoms with van der Waals surface area (Å²) in [7, 11) is 0. The molecule has 11 rings (SSSR count). The Morgan fingerprint density at radius 1 is 0.436 bits per heavy atom. The first kappa shape index (κ1) is 30.7. The summed E-state index contributed by atoms with van der Waals surface area (Å²) in [6, 6.07) is 60.9. The highest BCUT2D eigenvalue weighted by Crippen LogP contribution is 2.45. The van der Waals surface area contributed by atoms with Crippen molar-refractivity contribution in [3.05, 3.63) is 187 Å². The molecule has 0 radical (unpaired) electrons. The minimum Gasteiger partial charge on any atom is -0.455 e. The molecule has 0 aliphatic heterocycles. The van der Waals surface area contributed by atoms with Crippen LogP contribution in [0.4, 0.5) is 5.69 Å². The van der Waals surface area contributed by atoms with Crippen LogP contribution in [0.1, 0.15) is 5.56 Å². The summed E-state index contributed by atoms with van der Waals surface area (Å²) >= 11 is 0. The molecule has 0 fully saturated rings. The molecule has 0 bridgehead atoms. The van der Waals surface area contributed by atoms with E-state index in [1.54, 1.807) is 0 Å². The Morgan fingerprint density at radius 3 is 1.29 bits per heavy atom. The zero-order valence-electron chi connectivity index (χ0n) is 29.4. The Balaban J connectivity index is 1.09. The predicted molar refractivity (Wildman–Crippen MR) is 224 cm³/mol. The number of nitrogens with zero attached hydrogens (tertiary/aromatic N) is 4. The molecule has 0 saturated carbocycles. The molecular formula is C50H28N4O. The monoisotopic (exact) mass is 700 g/mol. The standard InChI is InChI=1S/C50H28N4O/c1-52-36-20-14-33(15-21-36)35-18-24-38(25-19-35)54-44-9-5-3-7-42(44)48-46(54)29-27-40-39-26-28-45-47(49(39)55-50(40)48)41-6-2-4-8-43(41)53(45)37-22-16-34(17-23-37)32-12-10-31(30-51)11-13-32/h2-29H. The molecule has 0 unspecified atom stereocenters. The number of benzene rings is 8. The molecule has 0 aliphatic carbocycles. The van der Waals surface area contributed by atoms with Crippen LogP contribution >= 0.6 is 0 Å². The molecule has 0 N–H and O–H groups in total. The Hall–Kier alpha value is -7.86. The molecule has 254 valence electrons. The van der Waals surface area contributed by atoms with E-state index in [4.69, 9.17) is 11.0 Å². The van der Waals surface area contributed by atoms with Gasteiger partial charge < -0.3 is 13.6 Å². The average molecular weight is 701 g/mol. The lowest BCUT2D eigenvalue weighted by Crippen LogP contribution is -1.93. The molecule has 5 nitrogen and oxygen atoms in total. The topological polar surface area (TPSA) is 51.1 Å². The van der Waals surface area contributed by atoms with Crippen molar-refractivity contribution in [1.82, 2.24) is 9.13 Å². The van der Waals surface area contributed by atoms with Crippen LogP contribution in [-0.2, 0) is 0 Å². The maximum atomic E-state index is 9.24. The first-order valence-corrected chi connectivity index (χ1v) is 18.2. The number of hydrogen-bond acceptors (Lipinski definition) is 2. The minimum absolute atomic E-state index is 0.640. The molecule has 5 heteroatoms. The fourth-order valence-electron chi connectivity index (χ4n) is 8.42. The lowest BCUT2D eigenvalue weighted by atomic mass is 10.0. The van der Waals surface area contributed by atoms with Crippen molar-refractivity contribution in [1.29, 1.82) is 5.26 Å². The molecule has 8 aromatic carbocycles. The molecule has 0 amide bonds. The van der Waals surface area contributed by atoms with Gasteiger partial charge in [0.05, 0.1) is 51.0 Å². The smallest absolute Gasteiger partial charge is 0.187 e. The molecule has 0 atom stereocenters. The van der Waals surface area contributed by atoms with Crippen LogP contribution in [0.15, 0.2) is 174 Å². The van der Waals surface area contributed by atoms with Gasteiger partial charge in [-0.1, -0.05) is 97.1 Å². The number of para-hydroxylation sites is 2. The fraction of sp³-hybridized carbons (Fsp3) is 0. The van der Waals surface area contributed by atoms with E-state index < -0.39 is 0 Å². The third-order valence-electron chi connectivity index (χ3n) is 11.0. The maximum Gasteiger partial charge on any atom is 0.187 e. The molecule has 0 saturated heterocycles. The van der Waals surface area contributed by atoms with E-state index in [0.29, 0.717) is 11.3 Å². The summed E-state index contributed by atoms with van der Waals surface area (Å²) in [5.74, 6) is 0. The van der Waals surface area contributed by atoms with Gasteiger partial charge in [0.1, 0.15) is 11.2 Å². The van der Waals surface area contributed by atoms with Gasteiger partial charge in [0.2, 0.25) is 0 Å². The van der Waals surface area contributed by atoms with E-state index in [2.05, 4.69) is 141 Å². The summed E-state index contributed by atoms with van der Waals surface area (Å²) in [5.41, 5.74) is 14.0. The first-order chi connectivity index (χ1) is 27.2. The highest BCUT2D eigenvalue weighted by atomic mass is 16.3. The third kappa shape index (κ3) is 4.58. The van der Waals surface area contributed by atoms with Crippen LogP contribution < -0.4 is 0 Å². The van der Waals surface area contributed by atoms with E-state index in [9.17, 15) is 5.26 Å². The summed E-state index contributed by atoms with van der Waals surface area (Å²) in [4.78, 5) is 3.53. The van der Waals surface area contributed by atoms with Crippen LogP contribution in [0.2, 0.25) is 0 Å². The fourth-order valence-corrected chi connectivity index (χ4v) is 8.42. The molecule has 3 aromatic heterocycles. The van der Waals surface area contributed by atoms with Gasteiger partial charge in [-0.25, -0.2) is 4.85 Å². The second-order valence-electron chi connectivity index (χ2n) is 13.9. The van der Waals surface area contributed by atoms with Crippen LogP contribution in [0.25, 0.3) is 104 Å². The number of nitriles is 1. The molecule has 55 heavy (non-hydrogen) atoms. The number of furan rings is 1. The van der Waals surface area contributed by atoms with E-state index >= 15 is 0 Å². The van der Waals surface area contributed by atoms with Gasteiger partial charge in [0, 0.05) is 32.9 Å². The number of aromatic nitrogens is 2. The predicted octanol–water partition coefficient (Wildman–Crippen LogP) is 13.5. The van der Waals surface area contributed by atoms with E-state index in [1.807, 2.05) is 48.5 Å². The van der Waals surface area contributed by atoms with Crippen molar-refractivity contribution in [2.75, 3.05) is 0 Å². The summed E-state index contributed by atoms with van der Waals surface area (Å²) < 4.78 is 11.8. The molecule has 11 aromatic rings. The van der Waals surface area contributed by atoms with Gasteiger partial charge in [-0.05, 0) is 95.1 Å². The normalized spacial score (nSPS) is 11.6. The van der Waals surface area contributed by atoms with Crippen molar-refractivity contribution >= 4 is 71.2 Å². The zero-order chi connectivity index (χ0) is 36.6. The lowest BCUT2D eigenvalue weighted by molar-refractivity contribution is 0.677. The highest BCUT2D eigenvalue weighted by Gasteiger charge is 2.22. The Kier molecular flexibility index (Phi) is 6.61. The Bertz CT molecular complexity index is 3170. The Morgan fingerprint density at radius 2 is 0.855 bits per heavy atom. The summed E-state index contributed by atoms with van der Waals surface area (Å²) in [5, 5.41) is 15.9. The van der Waals surface area contributed by atoms with Gasteiger partial charge in [-0.2, -0.15) is 5.26 Å². The quantitative estimate of drug-likeness (QED) is 0.172. The minimum atomic E-state index is 0.640. The number of rotatable bonds is 4. The summed E-state index contributed by atoms with van der Waals surface area (Å²) in [6.45, 7) is 7.29. The molecule has 0 spiro atoms. The Labute approximate surface area is 315 Å². The van der Waals surface area contributed by atoms with Crippen molar-refractivity contribution in [2.24, 2.45) is 0 Å². The molecule has 3 heterocycles. The first-order valence-electron chi connectivity index (χ1n) is 18.2.